The molecule has 0 unspecified atom stereocenters. The van der Waals surface area contributed by atoms with Gasteiger partial charge in [-0.25, -0.2) is 0 Å². The van der Waals surface area contributed by atoms with Gasteiger partial charge in [0.05, 0.1) is 17.8 Å². The normalized spacial score (nSPS) is 15.6. The van der Waals surface area contributed by atoms with Crippen molar-refractivity contribution >= 4 is 21.6 Å². The Kier molecular flexibility index (Phi) is 3.13. The Balaban J connectivity index is 2.28. The topological polar surface area (TPSA) is 32.7 Å². The molecule has 1 aliphatic heterocycles. The summed E-state index contributed by atoms with van der Waals surface area (Å²) in [5.74, 6) is 0.888. The SMILES string of the molecule is CC(C)(O)CN1CCOc2ccc(Br)cc21. The molecule has 4 heteroatoms. The number of hydrogen-bond acceptors (Lipinski definition) is 3. The number of anilines is 1. The molecule has 0 fully saturated rings. The Morgan fingerprint density at radius 3 is 2.94 bits per heavy atom. The van der Waals surface area contributed by atoms with E-state index in [1.165, 1.54) is 0 Å². The number of β-amino-alcohol motifs (C(OH)–C–C–N with tert-alkyl or cyclic N) is 1. The lowest BCUT2D eigenvalue weighted by molar-refractivity contribution is 0.0855. The third kappa shape index (κ3) is 2.68. The summed E-state index contributed by atoms with van der Waals surface area (Å²) < 4.78 is 6.60. The molecule has 1 heterocycles. The molecule has 0 bridgehead atoms. The van der Waals surface area contributed by atoms with Gasteiger partial charge >= 0.3 is 0 Å². The van der Waals surface area contributed by atoms with Crippen molar-refractivity contribution in [3.05, 3.63) is 22.7 Å². The quantitative estimate of drug-likeness (QED) is 0.906. The second kappa shape index (κ2) is 4.26. The van der Waals surface area contributed by atoms with Crippen LogP contribution in [0, 0.1) is 0 Å². The van der Waals surface area contributed by atoms with Crippen molar-refractivity contribution in [2.45, 2.75) is 19.4 Å². The summed E-state index contributed by atoms with van der Waals surface area (Å²) in [7, 11) is 0. The van der Waals surface area contributed by atoms with Gasteiger partial charge in [0.2, 0.25) is 0 Å². The monoisotopic (exact) mass is 285 g/mol. The molecular weight excluding hydrogens is 270 g/mol. The lowest BCUT2D eigenvalue weighted by atomic mass is 10.1. The van der Waals surface area contributed by atoms with Crippen molar-refractivity contribution in [1.29, 1.82) is 0 Å². The van der Waals surface area contributed by atoms with Crippen molar-refractivity contribution < 1.29 is 9.84 Å². The first-order valence-electron chi connectivity index (χ1n) is 5.35. The van der Waals surface area contributed by atoms with E-state index in [4.69, 9.17) is 4.74 Å². The van der Waals surface area contributed by atoms with E-state index >= 15 is 0 Å². The van der Waals surface area contributed by atoms with Gasteiger partial charge < -0.3 is 14.7 Å². The van der Waals surface area contributed by atoms with Crippen LogP contribution in [-0.4, -0.2) is 30.4 Å². The zero-order valence-corrected chi connectivity index (χ0v) is 11.1. The van der Waals surface area contributed by atoms with Crippen LogP contribution in [0.25, 0.3) is 0 Å². The molecule has 1 N–H and O–H groups in total. The minimum Gasteiger partial charge on any atom is -0.490 e. The number of hydrogen-bond donors (Lipinski definition) is 1. The Hall–Kier alpha value is -0.740. The zero-order valence-electron chi connectivity index (χ0n) is 9.53. The van der Waals surface area contributed by atoms with E-state index in [0.717, 1.165) is 22.5 Å². The fourth-order valence-corrected chi connectivity index (χ4v) is 2.23. The van der Waals surface area contributed by atoms with Crippen LogP contribution in [0.15, 0.2) is 22.7 Å². The van der Waals surface area contributed by atoms with Crippen molar-refractivity contribution in [3.8, 4) is 5.75 Å². The molecule has 0 spiro atoms. The van der Waals surface area contributed by atoms with Gasteiger partial charge in [-0.3, -0.25) is 0 Å². The molecule has 2 rings (SSSR count). The van der Waals surface area contributed by atoms with E-state index in [2.05, 4.69) is 20.8 Å². The average molecular weight is 286 g/mol. The summed E-state index contributed by atoms with van der Waals surface area (Å²) in [5.41, 5.74) is 0.347. The summed E-state index contributed by atoms with van der Waals surface area (Å²) in [6, 6.07) is 5.95. The first kappa shape index (κ1) is 11.7. The smallest absolute Gasteiger partial charge is 0.142 e. The van der Waals surface area contributed by atoms with Crippen molar-refractivity contribution in [2.75, 3.05) is 24.6 Å². The number of rotatable bonds is 2. The number of aliphatic hydroxyl groups is 1. The van der Waals surface area contributed by atoms with Gasteiger partial charge in [0.25, 0.3) is 0 Å². The van der Waals surface area contributed by atoms with E-state index < -0.39 is 5.60 Å². The highest BCUT2D eigenvalue weighted by Crippen LogP contribution is 2.34. The fraction of sp³-hybridized carbons (Fsp3) is 0.500. The molecule has 0 saturated heterocycles. The van der Waals surface area contributed by atoms with Crippen LogP contribution in [0.2, 0.25) is 0 Å². The van der Waals surface area contributed by atoms with Crippen LogP contribution in [0.5, 0.6) is 5.75 Å². The maximum atomic E-state index is 9.87. The van der Waals surface area contributed by atoms with Gasteiger partial charge in [-0.2, -0.15) is 0 Å². The first-order chi connectivity index (χ1) is 7.46. The second-order valence-corrected chi connectivity index (χ2v) is 5.61. The summed E-state index contributed by atoms with van der Waals surface area (Å²) in [6.45, 7) is 5.73. The van der Waals surface area contributed by atoms with Crippen LogP contribution in [0.1, 0.15) is 13.8 Å². The molecule has 1 aromatic rings. The second-order valence-electron chi connectivity index (χ2n) is 4.69. The Morgan fingerprint density at radius 1 is 1.50 bits per heavy atom. The molecule has 0 aromatic heterocycles. The van der Waals surface area contributed by atoms with Gasteiger partial charge in [-0.1, -0.05) is 15.9 Å². The van der Waals surface area contributed by atoms with Crippen molar-refractivity contribution in [3.63, 3.8) is 0 Å². The number of ether oxygens (including phenoxy) is 1. The third-order valence-corrected chi connectivity index (χ3v) is 2.95. The standard InChI is InChI=1S/C12H16BrNO2/c1-12(2,15)8-14-5-6-16-11-4-3-9(13)7-10(11)14/h3-4,7,15H,5-6,8H2,1-2H3. The molecule has 0 radical (unpaired) electrons. The first-order valence-corrected chi connectivity index (χ1v) is 6.15. The molecule has 88 valence electrons. The summed E-state index contributed by atoms with van der Waals surface area (Å²) in [5, 5.41) is 9.87. The van der Waals surface area contributed by atoms with Crippen LogP contribution < -0.4 is 9.64 Å². The van der Waals surface area contributed by atoms with Gasteiger partial charge in [0, 0.05) is 11.0 Å². The molecule has 3 nitrogen and oxygen atoms in total. The number of nitrogens with zero attached hydrogens (tertiary/aromatic N) is 1. The van der Waals surface area contributed by atoms with E-state index in [1.807, 2.05) is 32.0 Å². The maximum Gasteiger partial charge on any atom is 0.142 e. The predicted molar refractivity (Wildman–Crippen MR) is 68.1 cm³/mol. The lowest BCUT2D eigenvalue weighted by Gasteiger charge is -2.35. The van der Waals surface area contributed by atoms with Gasteiger partial charge in [-0.15, -0.1) is 0 Å². The van der Waals surface area contributed by atoms with E-state index in [-0.39, 0.29) is 0 Å². The minimum absolute atomic E-state index is 0.611. The molecule has 0 saturated carbocycles. The number of halogens is 1. The third-order valence-electron chi connectivity index (χ3n) is 2.46. The van der Waals surface area contributed by atoms with Gasteiger partial charge in [-0.05, 0) is 32.0 Å². The van der Waals surface area contributed by atoms with Gasteiger partial charge in [0.1, 0.15) is 12.4 Å². The largest absolute Gasteiger partial charge is 0.490 e. The molecule has 1 aliphatic rings. The Labute approximate surface area is 104 Å². The highest BCUT2D eigenvalue weighted by atomic mass is 79.9. The van der Waals surface area contributed by atoms with Crippen LogP contribution in [-0.2, 0) is 0 Å². The molecule has 0 amide bonds. The maximum absolute atomic E-state index is 9.87. The van der Waals surface area contributed by atoms with Crippen LogP contribution in [0.4, 0.5) is 5.69 Å². The number of fused-ring (bicyclic) bond motifs is 1. The predicted octanol–water partition coefficient (Wildman–Crippen LogP) is 2.42. The molecule has 16 heavy (non-hydrogen) atoms. The Bertz CT molecular complexity index is 387. The van der Waals surface area contributed by atoms with E-state index in [0.29, 0.717) is 13.2 Å². The van der Waals surface area contributed by atoms with E-state index in [9.17, 15) is 5.11 Å². The fourth-order valence-electron chi connectivity index (χ4n) is 1.88. The molecule has 1 aromatic carbocycles. The van der Waals surface area contributed by atoms with Crippen LogP contribution >= 0.6 is 15.9 Å². The molecular formula is C12H16BrNO2. The van der Waals surface area contributed by atoms with Gasteiger partial charge in [0.15, 0.2) is 0 Å². The highest BCUT2D eigenvalue weighted by Gasteiger charge is 2.24. The van der Waals surface area contributed by atoms with Crippen LogP contribution in [0.3, 0.4) is 0 Å². The lowest BCUT2D eigenvalue weighted by Crippen LogP contribution is -2.42. The van der Waals surface area contributed by atoms with E-state index in [1.54, 1.807) is 0 Å². The minimum atomic E-state index is -0.697. The zero-order chi connectivity index (χ0) is 11.8. The van der Waals surface area contributed by atoms with Crippen molar-refractivity contribution in [2.24, 2.45) is 0 Å². The highest BCUT2D eigenvalue weighted by molar-refractivity contribution is 9.10. The average Bonchev–Trinajstić information content (AvgIpc) is 2.17. The summed E-state index contributed by atoms with van der Waals surface area (Å²) in [4.78, 5) is 2.16. The molecule has 0 atom stereocenters. The number of benzene rings is 1. The Morgan fingerprint density at radius 2 is 2.25 bits per heavy atom. The summed E-state index contributed by atoms with van der Waals surface area (Å²) in [6.07, 6.45) is 0. The molecule has 0 aliphatic carbocycles. The summed E-state index contributed by atoms with van der Waals surface area (Å²) >= 11 is 3.45. The van der Waals surface area contributed by atoms with Crippen molar-refractivity contribution in [1.82, 2.24) is 0 Å².